The average molecular weight is 400 g/mol. The highest BCUT2D eigenvalue weighted by Crippen LogP contribution is 2.12. The highest BCUT2D eigenvalue weighted by atomic mass is 16.6. The van der Waals surface area contributed by atoms with Crippen LogP contribution in [0.5, 0.6) is 0 Å². The third kappa shape index (κ3) is 14.8. The largest absolute Gasteiger partial charge is 0.464 e. The fourth-order valence-corrected chi connectivity index (χ4v) is 2.96. The Hall–Kier alpha value is -1.26. The molecule has 5 heteroatoms. The maximum absolute atomic E-state index is 12.0. The minimum atomic E-state index is -0.619. The highest BCUT2D eigenvalue weighted by molar-refractivity contribution is 5.80. The summed E-state index contributed by atoms with van der Waals surface area (Å²) in [5, 5.41) is 0. The van der Waals surface area contributed by atoms with Crippen molar-refractivity contribution in [2.45, 2.75) is 117 Å². The molecule has 5 nitrogen and oxygen atoms in total. The van der Waals surface area contributed by atoms with Crippen LogP contribution in [0, 0.1) is 0 Å². The maximum Gasteiger partial charge on any atom is 0.410 e. The van der Waals surface area contributed by atoms with E-state index in [2.05, 4.69) is 6.92 Å². The smallest absolute Gasteiger partial charge is 0.410 e. The number of ether oxygens (including phenoxy) is 2. The van der Waals surface area contributed by atoms with Gasteiger partial charge in [0.15, 0.2) is 0 Å². The lowest BCUT2D eigenvalue weighted by Gasteiger charge is -2.22. The summed E-state index contributed by atoms with van der Waals surface area (Å²) in [5.41, 5.74) is 0. The summed E-state index contributed by atoms with van der Waals surface area (Å²) in [5.74, 6) is -0.363. The molecule has 0 aromatic carbocycles. The zero-order valence-corrected chi connectivity index (χ0v) is 19.0. The molecule has 1 unspecified atom stereocenters. The van der Waals surface area contributed by atoms with Gasteiger partial charge in [0.25, 0.3) is 0 Å². The Labute approximate surface area is 173 Å². The molecule has 0 aliphatic carbocycles. The van der Waals surface area contributed by atoms with Crippen LogP contribution in [-0.2, 0) is 14.3 Å². The third-order valence-corrected chi connectivity index (χ3v) is 5.18. The lowest BCUT2D eigenvalue weighted by Crippen LogP contribution is -2.41. The van der Waals surface area contributed by atoms with Gasteiger partial charge in [0, 0.05) is 7.05 Å². The average Bonchev–Trinajstić information content (AvgIpc) is 2.70. The van der Waals surface area contributed by atoms with Gasteiger partial charge in [-0.2, -0.15) is 0 Å². The Morgan fingerprint density at radius 1 is 0.679 bits per heavy atom. The van der Waals surface area contributed by atoms with E-state index in [1.807, 2.05) is 6.92 Å². The molecule has 0 fully saturated rings. The Balaban J connectivity index is 3.56. The van der Waals surface area contributed by atoms with E-state index < -0.39 is 12.1 Å². The number of carbonyl (C=O) groups is 2. The van der Waals surface area contributed by atoms with Crippen LogP contribution in [0.25, 0.3) is 0 Å². The molecule has 0 aromatic rings. The van der Waals surface area contributed by atoms with E-state index in [1.54, 1.807) is 14.0 Å². The molecular weight excluding hydrogens is 354 g/mol. The van der Waals surface area contributed by atoms with Crippen LogP contribution in [-0.4, -0.2) is 43.3 Å². The quantitative estimate of drug-likeness (QED) is 0.195. The van der Waals surface area contributed by atoms with Gasteiger partial charge in [-0.05, 0) is 19.8 Å². The summed E-state index contributed by atoms with van der Waals surface area (Å²) in [7, 11) is 1.57. The number of carbonyl (C=O) groups excluding carboxylic acids is 2. The zero-order chi connectivity index (χ0) is 21.0. The van der Waals surface area contributed by atoms with Gasteiger partial charge >= 0.3 is 12.1 Å². The Kier molecular flexibility index (Phi) is 18.2. The summed E-state index contributed by atoms with van der Waals surface area (Å²) in [6.45, 7) is 6.78. The first-order chi connectivity index (χ1) is 13.5. The molecule has 0 bridgehead atoms. The number of rotatable bonds is 18. The van der Waals surface area contributed by atoms with E-state index in [1.165, 1.54) is 69.1 Å². The van der Waals surface area contributed by atoms with Crippen LogP contribution in [0.1, 0.15) is 111 Å². The van der Waals surface area contributed by atoms with E-state index in [-0.39, 0.29) is 5.97 Å². The summed E-state index contributed by atoms with van der Waals surface area (Å²) < 4.78 is 10.4. The van der Waals surface area contributed by atoms with Crippen LogP contribution >= 0.6 is 0 Å². The van der Waals surface area contributed by atoms with Gasteiger partial charge < -0.3 is 9.47 Å². The van der Waals surface area contributed by atoms with E-state index in [0.717, 1.165) is 25.7 Å². The van der Waals surface area contributed by atoms with E-state index in [9.17, 15) is 9.59 Å². The standard InChI is InChI=1S/C23H45NO4/c1-5-7-9-10-11-12-13-14-15-16-17-18-20-27-22(25)21(3)24(4)23(26)28-19-8-6-2/h21H,5-20H2,1-4H3. The fourth-order valence-electron chi connectivity index (χ4n) is 2.96. The van der Waals surface area contributed by atoms with Gasteiger partial charge in [-0.15, -0.1) is 0 Å². The highest BCUT2D eigenvalue weighted by Gasteiger charge is 2.24. The molecule has 0 rings (SSSR count). The number of amides is 1. The van der Waals surface area contributed by atoms with Gasteiger partial charge in [0.1, 0.15) is 6.04 Å². The monoisotopic (exact) mass is 399 g/mol. The number of likely N-dealkylation sites (N-methyl/N-ethyl adjacent to an activating group) is 1. The number of nitrogens with zero attached hydrogens (tertiary/aromatic N) is 1. The van der Waals surface area contributed by atoms with Gasteiger partial charge in [0.2, 0.25) is 0 Å². The van der Waals surface area contributed by atoms with Crippen LogP contribution in [0.15, 0.2) is 0 Å². The molecule has 0 aromatic heterocycles. The molecule has 0 aliphatic heterocycles. The van der Waals surface area contributed by atoms with Crippen molar-refractivity contribution in [2.24, 2.45) is 0 Å². The molecule has 0 N–H and O–H groups in total. The Morgan fingerprint density at radius 3 is 1.61 bits per heavy atom. The molecule has 0 spiro atoms. The molecule has 0 radical (unpaired) electrons. The topological polar surface area (TPSA) is 55.8 Å². The van der Waals surface area contributed by atoms with E-state index in [4.69, 9.17) is 9.47 Å². The molecular formula is C23H45NO4. The molecule has 0 saturated carbocycles. The zero-order valence-electron chi connectivity index (χ0n) is 19.0. The minimum absolute atomic E-state index is 0.363. The van der Waals surface area contributed by atoms with Gasteiger partial charge in [0.05, 0.1) is 13.2 Å². The van der Waals surface area contributed by atoms with Gasteiger partial charge in [-0.1, -0.05) is 90.9 Å². The number of hydrogen-bond acceptors (Lipinski definition) is 4. The minimum Gasteiger partial charge on any atom is -0.464 e. The van der Waals surface area contributed by atoms with Crippen molar-refractivity contribution in [3.8, 4) is 0 Å². The number of unbranched alkanes of at least 4 members (excludes halogenated alkanes) is 12. The molecule has 0 aliphatic rings. The van der Waals surface area contributed by atoms with Crippen molar-refractivity contribution in [3.05, 3.63) is 0 Å². The maximum atomic E-state index is 12.0. The first kappa shape index (κ1) is 26.7. The molecule has 28 heavy (non-hydrogen) atoms. The van der Waals surface area contributed by atoms with E-state index in [0.29, 0.717) is 13.2 Å². The first-order valence-corrected chi connectivity index (χ1v) is 11.6. The number of esters is 1. The molecule has 0 heterocycles. The Morgan fingerprint density at radius 2 is 1.11 bits per heavy atom. The number of hydrogen-bond donors (Lipinski definition) is 0. The van der Waals surface area contributed by atoms with Crippen molar-refractivity contribution in [3.63, 3.8) is 0 Å². The fraction of sp³-hybridized carbons (Fsp3) is 0.913. The second-order valence-corrected chi connectivity index (χ2v) is 7.81. The summed E-state index contributed by atoms with van der Waals surface area (Å²) in [4.78, 5) is 25.2. The van der Waals surface area contributed by atoms with Crippen LogP contribution in [0.2, 0.25) is 0 Å². The van der Waals surface area contributed by atoms with E-state index >= 15 is 0 Å². The SMILES string of the molecule is CCCCCCCCCCCCCCOC(=O)C(C)N(C)C(=O)OCCCC. The summed E-state index contributed by atoms with van der Waals surface area (Å²) in [6, 6.07) is -0.619. The molecule has 1 amide bonds. The van der Waals surface area contributed by atoms with Gasteiger partial charge in [-0.25, -0.2) is 9.59 Å². The second-order valence-electron chi connectivity index (χ2n) is 7.81. The summed E-state index contributed by atoms with van der Waals surface area (Å²) in [6.07, 6.45) is 16.7. The third-order valence-electron chi connectivity index (χ3n) is 5.18. The van der Waals surface area contributed by atoms with Crippen molar-refractivity contribution in [1.29, 1.82) is 0 Å². The van der Waals surface area contributed by atoms with Crippen LogP contribution < -0.4 is 0 Å². The van der Waals surface area contributed by atoms with Crippen molar-refractivity contribution >= 4 is 12.1 Å². The predicted molar refractivity (Wildman–Crippen MR) is 116 cm³/mol. The lowest BCUT2D eigenvalue weighted by atomic mass is 10.1. The normalized spacial score (nSPS) is 11.9. The lowest BCUT2D eigenvalue weighted by molar-refractivity contribution is -0.148. The first-order valence-electron chi connectivity index (χ1n) is 11.6. The summed E-state index contributed by atoms with van der Waals surface area (Å²) >= 11 is 0. The molecule has 0 saturated heterocycles. The van der Waals surface area contributed by atoms with Crippen LogP contribution in [0.4, 0.5) is 4.79 Å². The van der Waals surface area contributed by atoms with Crippen molar-refractivity contribution in [1.82, 2.24) is 4.90 Å². The predicted octanol–water partition coefficient (Wildman–Crippen LogP) is 6.49. The van der Waals surface area contributed by atoms with Crippen molar-refractivity contribution in [2.75, 3.05) is 20.3 Å². The second kappa shape index (κ2) is 19.1. The molecule has 1 atom stereocenters. The molecule has 166 valence electrons. The van der Waals surface area contributed by atoms with Gasteiger partial charge in [-0.3, -0.25) is 4.90 Å². The Bertz CT molecular complexity index is 387. The van der Waals surface area contributed by atoms with Crippen molar-refractivity contribution < 1.29 is 19.1 Å². The van der Waals surface area contributed by atoms with Crippen LogP contribution in [0.3, 0.4) is 0 Å².